The normalized spacial score (nSPS) is 20.2. The molecule has 16 heavy (non-hydrogen) atoms. The fraction of sp³-hybridized carbons (Fsp3) is 0.538. The van der Waals surface area contributed by atoms with E-state index >= 15 is 0 Å². The molecule has 1 aliphatic heterocycles. The molecule has 0 aromatic carbocycles. The van der Waals surface area contributed by atoms with Crippen molar-refractivity contribution in [3.8, 4) is 0 Å². The maximum Gasteiger partial charge on any atom is 0.158 e. The molecule has 0 aliphatic carbocycles. The van der Waals surface area contributed by atoms with Crippen LogP contribution in [0.3, 0.4) is 0 Å². The van der Waals surface area contributed by atoms with Gasteiger partial charge in [0.05, 0.1) is 12.5 Å². The Kier molecular flexibility index (Phi) is 6.23. The van der Waals surface area contributed by atoms with Crippen LogP contribution in [-0.2, 0) is 14.3 Å². The highest BCUT2D eigenvalue weighted by Crippen LogP contribution is 2.08. The highest BCUT2D eigenvalue weighted by atomic mass is 16.5. The maximum absolute atomic E-state index is 11.3. The van der Waals surface area contributed by atoms with Crippen LogP contribution in [0.2, 0.25) is 0 Å². The van der Waals surface area contributed by atoms with Gasteiger partial charge in [0.1, 0.15) is 0 Å². The number of carbonyl (C=O) groups excluding carboxylic acids is 2. The zero-order valence-electron chi connectivity index (χ0n) is 9.48. The Morgan fingerprint density at radius 2 is 1.19 bits per heavy atom. The summed E-state index contributed by atoms with van der Waals surface area (Å²) in [5, 5.41) is 0. The summed E-state index contributed by atoms with van der Waals surface area (Å²) in [6.07, 6.45) is 11.7. The first-order valence-electron chi connectivity index (χ1n) is 5.83. The highest BCUT2D eigenvalue weighted by Gasteiger charge is 2.00. The van der Waals surface area contributed by atoms with E-state index in [2.05, 4.69) is 0 Å². The topological polar surface area (TPSA) is 43.4 Å². The summed E-state index contributed by atoms with van der Waals surface area (Å²) in [5.74, 6) is 0.161. The summed E-state index contributed by atoms with van der Waals surface area (Å²) in [7, 11) is 0. The standard InChI is InChI=1S/C13H18O3/c14-12-6-4-2-1-3-5-7-13(15)9-11-16-10-8-12/h8-11H,1-7H2. The van der Waals surface area contributed by atoms with Crippen LogP contribution < -0.4 is 0 Å². The number of ketones is 2. The highest BCUT2D eigenvalue weighted by molar-refractivity contribution is 5.90. The zero-order valence-corrected chi connectivity index (χ0v) is 9.48. The molecule has 0 saturated carbocycles. The quantitative estimate of drug-likeness (QED) is 0.633. The minimum atomic E-state index is 0.0804. The van der Waals surface area contributed by atoms with Gasteiger partial charge in [-0.1, -0.05) is 19.3 Å². The van der Waals surface area contributed by atoms with E-state index in [4.69, 9.17) is 4.74 Å². The Morgan fingerprint density at radius 1 is 0.750 bits per heavy atom. The molecule has 0 aromatic heterocycles. The van der Waals surface area contributed by atoms with E-state index in [0.29, 0.717) is 12.8 Å². The third-order valence-corrected chi connectivity index (χ3v) is 2.51. The van der Waals surface area contributed by atoms with E-state index in [1.54, 1.807) is 0 Å². The van der Waals surface area contributed by atoms with Gasteiger partial charge in [0, 0.05) is 25.0 Å². The van der Waals surface area contributed by atoms with Gasteiger partial charge in [0.2, 0.25) is 0 Å². The van der Waals surface area contributed by atoms with Gasteiger partial charge in [0.25, 0.3) is 0 Å². The second-order valence-corrected chi connectivity index (χ2v) is 3.94. The molecule has 0 fully saturated rings. The summed E-state index contributed by atoms with van der Waals surface area (Å²) in [6.45, 7) is 0. The molecule has 0 unspecified atom stereocenters. The molecular weight excluding hydrogens is 204 g/mol. The molecule has 0 bridgehead atoms. The Labute approximate surface area is 96.2 Å². The van der Waals surface area contributed by atoms with Gasteiger partial charge >= 0.3 is 0 Å². The lowest BCUT2D eigenvalue weighted by Crippen LogP contribution is -1.95. The van der Waals surface area contributed by atoms with Crippen molar-refractivity contribution < 1.29 is 14.3 Å². The molecule has 0 N–H and O–H groups in total. The molecule has 1 heterocycles. The smallest absolute Gasteiger partial charge is 0.158 e. The van der Waals surface area contributed by atoms with Crippen molar-refractivity contribution in [2.24, 2.45) is 0 Å². The fourth-order valence-corrected chi connectivity index (χ4v) is 1.57. The third-order valence-electron chi connectivity index (χ3n) is 2.51. The molecule has 0 aromatic rings. The number of hydrogen-bond acceptors (Lipinski definition) is 3. The number of hydrogen-bond donors (Lipinski definition) is 0. The summed E-state index contributed by atoms with van der Waals surface area (Å²) in [5.41, 5.74) is 0. The van der Waals surface area contributed by atoms with Crippen LogP contribution in [0.1, 0.15) is 44.9 Å². The van der Waals surface area contributed by atoms with Gasteiger partial charge in [-0.3, -0.25) is 9.59 Å². The summed E-state index contributed by atoms with van der Waals surface area (Å²) < 4.78 is 4.92. The number of ether oxygens (including phenoxy) is 1. The fourth-order valence-electron chi connectivity index (χ4n) is 1.57. The molecule has 0 amide bonds. The third kappa shape index (κ3) is 6.17. The van der Waals surface area contributed by atoms with E-state index in [-0.39, 0.29) is 11.6 Å². The van der Waals surface area contributed by atoms with E-state index in [1.165, 1.54) is 24.7 Å². The number of rotatable bonds is 0. The van der Waals surface area contributed by atoms with Crippen molar-refractivity contribution in [1.29, 1.82) is 0 Å². The van der Waals surface area contributed by atoms with Crippen molar-refractivity contribution in [3.63, 3.8) is 0 Å². The lowest BCUT2D eigenvalue weighted by molar-refractivity contribution is -0.115. The second-order valence-electron chi connectivity index (χ2n) is 3.94. The summed E-state index contributed by atoms with van der Waals surface area (Å²) >= 11 is 0. The number of carbonyl (C=O) groups is 2. The van der Waals surface area contributed by atoms with Crippen molar-refractivity contribution in [2.45, 2.75) is 44.9 Å². The van der Waals surface area contributed by atoms with Gasteiger partial charge < -0.3 is 4.74 Å². The Morgan fingerprint density at radius 3 is 1.69 bits per heavy atom. The Hall–Kier alpha value is -1.38. The first-order valence-corrected chi connectivity index (χ1v) is 5.83. The predicted octanol–water partition coefficient (Wildman–Crippen LogP) is 2.91. The first-order chi connectivity index (χ1) is 7.79. The van der Waals surface area contributed by atoms with E-state index < -0.39 is 0 Å². The SMILES string of the molecule is O=C1C=COC=CC(=O)CCCCCCC1. The monoisotopic (exact) mass is 222 g/mol. The van der Waals surface area contributed by atoms with Gasteiger partial charge in [-0.25, -0.2) is 0 Å². The lowest BCUT2D eigenvalue weighted by atomic mass is 10.1. The summed E-state index contributed by atoms with van der Waals surface area (Å²) in [4.78, 5) is 22.5. The Bertz CT molecular complexity index is 262. The first kappa shape index (κ1) is 12.7. The molecule has 0 saturated heterocycles. The predicted molar refractivity (Wildman–Crippen MR) is 61.7 cm³/mol. The van der Waals surface area contributed by atoms with Crippen molar-refractivity contribution >= 4 is 11.6 Å². The second kappa shape index (κ2) is 7.85. The molecule has 0 spiro atoms. The van der Waals surface area contributed by atoms with Crippen LogP contribution in [-0.4, -0.2) is 11.6 Å². The molecule has 0 atom stereocenters. The van der Waals surface area contributed by atoms with Crippen LogP contribution in [0.4, 0.5) is 0 Å². The largest absolute Gasteiger partial charge is 0.472 e. The van der Waals surface area contributed by atoms with Gasteiger partial charge in [-0.15, -0.1) is 0 Å². The van der Waals surface area contributed by atoms with E-state index in [0.717, 1.165) is 32.1 Å². The minimum Gasteiger partial charge on any atom is -0.472 e. The van der Waals surface area contributed by atoms with Crippen molar-refractivity contribution in [3.05, 3.63) is 24.7 Å². The minimum absolute atomic E-state index is 0.0804. The number of allylic oxidation sites excluding steroid dienone is 2. The van der Waals surface area contributed by atoms with Crippen molar-refractivity contribution in [1.82, 2.24) is 0 Å². The van der Waals surface area contributed by atoms with Crippen molar-refractivity contribution in [2.75, 3.05) is 0 Å². The van der Waals surface area contributed by atoms with Crippen LogP contribution >= 0.6 is 0 Å². The van der Waals surface area contributed by atoms with Crippen LogP contribution in [0.25, 0.3) is 0 Å². The molecule has 3 nitrogen and oxygen atoms in total. The van der Waals surface area contributed by atoms with E-state index in [1.807, 2.05) is 0 Å². The zero-order chi connectivity index (χ0) is 11.6. The molecule has 3 heteroatoms. The Balaban J connectivity index is 2.43. The van der Waals surface area contributed by atoms with Gasteiger partial charge in [-0.05, 0) is 12.8 Å². The van der Waals surface area contributed by atoms with Gasteiger partial charge in [-0.2, -0.15) is 0 Å². The van der Waals surface area contributed by atoms with Crippen LogP contribution in [0.5, 0.6) is 0 Å². The molecule has 0 radical (unpaired) electrons. The summed E-state index contributed by atoms with van der Waals surface area (Å²) in [6, 6.07) is 0. The van der Waals surface area contributed by atoms with E-state index in [9.17, 15) is 9.59 Å². The molecule has 1 rings (SSSR count). The van der Waals surface area contributed by atoms with Crippen LogP contribution in [0.15, 0.2) is 24.7 Å². The molecule has 1 aliphatic rings. The molecule has 88 valence electrons. The maximum atomic E-state index is 11.3. The van der Waals surface area contributed by atoms with Gasteiger partial charge in [0.15, 0.2) is 11.6 Å². The average molecular weight is 222 g/mol. The van der Waals surface area contributed by atoms with Crippen LogP contribution in [0, 0.1) is 0 Å². The molecular formula is C13H18O3. The average Bonchev–Trinajstić information content (AvgIpc) is 2.26. The lowest BCUT2D eigenvalue weighted by Gasteiger charge is -2.00.